The normalized spacial score (nSPS) is 9.20. The Balaban J connectivity index is 2.01. The summed E-state index contributed by atoms with van der Waals surface area (Å²) in [6, 6.07) is 11.0. The van der Waals surface area contributed by atoms with E-state index in [2.05, 4.69) is 22.9 Å². The van der Waals surface area contributed by atoms with Crippen LogP contribution in [0.5, 0.6) is 5.75 Å². The molecule has 0 aliphatic heterocycles. The van der Waals surface area contributed by atoms with Crippen LogP contribution < -0.4 is 4.74 Å². The molecule has 0 bridgehead atoms. The second-order valence-corrected chi connectivity index (χ2v) is 3.97. The number of nitriles is 1. The molecule has 98 valence electrons. The molecule has 0 spiro atoms. The summed E-state index contributed by atoms with van der Waals surface area (Å²) in [5.74, 6) is 5.94. The first kappa shape index (κ1) is 13.6. The van der Waals surface area contributed by atoms with Gasteiger partial charge in [0.2, 0.25) is 0 Å². The molecule has 4 heteroatoms. The molecule has 1 heterocycles. The average molecular weight is 264 g/mol. The van der Waals surface area contributed by atoms with Gasteiger partial charge in [0.15, 0.2) is 0 Å². The van der Waals surface area contributed by atoms with Crippen molar-refractivity contribution in [2.24, 2.45) is 0 Å². The van der Waals surface area contributed by atoms with E-state index in [4.69, 9.17) is 15.1 Å². The number of pyridine rings is 1. The van der Waals surface area contributed by atoms with Crippen LogP contribution in [-0.4, -0.2) is 16.7 Å². The molecule has 20 heavy (non-hydrogen) atoms. The average Bonchev–Trinajstić information content (AvgIpc) is 2.52. The van der Waals surface area contributed by atoms with E-state index in [1.807, 2.05) is 12.1 Å². The highest BCUT2D eigenvalue weighted by Gasteiger charge is 1.98. The highest BCUT2D eigenvalue weighted by Crippen LogP contribution is 2.13. The molecule has 0 aliphatic rings. The highest BCUT2D eigenvalue weighted by molar-refractivity contribution is 5.37. The fourth-order valence-electron chi connectivity index (χ4n) is 1.55. The summed E-state index contributed by atoms with van der Waals surface area (Å²) in [5.41, 5.74) is 2.28. The van der Waals surface area contributed by atoms with E-state index in [1.54, 1.807) is 30.6 Å². The number of ether oxygens (including phenoxy) is 1. The zero-order chi connectivity index (χ0) is 14.2. The number of hydrogen-bond donors (Lipinski definition) is 1. The van der Waals surface area contributed by atoms with Gasteiger partial charge >= 0.3 is 0 Å². The lowest BCUT2D eigenvalue weighted by Gasteiger charge is -2.06. The van der Waals surface area contributed by atoms with Crippen molar-refractivity contribution in [1.29, 1.82) is 5.26 Å². The van der Waals surface area contributed by atoms with Gasteiger partial charge in [0.05, 0.1) is 17.8 Å². The number of rotatable bonds is 3. The molecular weight excluding hydrogens is 252 g/mol. The topological polar surface area (TPSA) is 66.1 Å². The second-order valence-electron chi connectivity index (χ2n) is 3.97. The molecule has 0 amide bonds. The Labute approximate surface area is 117 Å². The monoisotopic (exact) mass is 264 g/mol. The third-order valence-corrected chi connectivity index (χ3v) is 2.51. The fraction of sp³-hybridized carbons (Fsp3) is 0.125. The van der Waals surface area contributed by atoms with Gasteiger partial charge in [0.1, 0.15) is 19.0 Å². The zero-order valence-corrected chi connectivity index (χ0v) is 10.7. The smallest absolute Gasteiger partial charge is 0.139 e. The quantitative estimate of drug-likeness (QED) is 0.859. The molecule has 1 aromatic heterocycles. The Kier molecular flexibility index (Phi) is 4.72. The molecule has 0 atom stereocenters. The Hall–Kier alpha value is -2.82. The van der Waals surface area contributed by atoms with Crippen LogP contribution in [0.3, 0.4) is 0 Å². The molecule has 1 aromatic carbocycles. The van der Waals surface area contributed by atoms with Crippen LogP contribution in [0.15, 0.2) is 42.7 Å². The van der Waals surface area contributed by atoms with Gasteiger partial charge in [-0.1, -0.05) is 24.0 Å². The SMILES string of the molecule is N#Cc1ccc(COc2cncc(C#CCO)c2)cc1. The molecule has 0 saturated heterocycles. The first-order chi connectivity index (χ1) is 9.81. The molecule has 2 aromatic rings. The molecule has 2 rings (SSSR count). The van der Waals surface area contributed by atoms with Crippen LogP contribution in [0.25, 0.3) is 0 Å². The Bertz CT molecular complexity index is 676. The van der Waals surface area contributed by atoms with Crippen molar-refractivity contribution in [3.05, 3.63) is 59.4 Å². The van der Waals surface area contributed by atoms with E-state index >= 15 is 0 Å². The van der Waals surface area contributed by atoms with Gasteiger partial charge in [-0.3, -0.25) is 4.98 Å². The van der Waals surface area contributed by atoms with Crippen LogP contribution in [0, 0.1) is 23.2 Å². The molecule has 0 fully saturated rings. The molecule has 4 nitrogen and oxygen atoms in total. The zero-order valence-electron chi connectivity index (χ0n) is 10.7. The van der Waals surface area contributed by atoms with E-state index in [1.165, 1.54) is 0 Å². The first-order valence-electron chi connectivity index (χ1n) is 5.98. The predicted molar refractivity (Wildman–Crippen MR) is 73.7 cm³/mol. The number of benzene rings is 1. The molecule has 1 N–H and O–H groups in total. The molecule has 0 unspecified atom stereocenters. The maximum Gasteiger partial charge on any atom is 0.139 e. The molecule has 0 radical (unpaired) electrons. The lowest BCUT2D eigenvalue weighted by Crippen LogP contribution is -1.96. The van der Waals surface area contributed by atoms with Gasteiger partial charge < -0.3 is 9.84 Å². The maximum absolute atomic E-state index is 8.72. The Morgan fingerprint density at radius 1 is 1.15 bits per heavy atom. The van der Waals surface area contributed by atoms with E-state index in [0.29, 0.717) is 23.5 Å². The summed E-state index contributed by atoms with van der Waals surface area (Å²) < 4.78 is 5.61. The summed E-state index contributed by atoms with van der Waals surface area (Å²) in [5, 5.41) is 17.4. The summed E-state index contributed by atoms with van der Waals surface area (Å²) in [6.45, 7) is 0.209. The molecule has 0 aliphatic carbocycles. The summed E-state index contributed by atoms with van der Waals surface area (Å²) in [6.07, 6.45) is 3.21. The van der Waals surface area contributed by atoms with Crippen LogP contribution >= 0.6 is 0 Å². The Morgan fingerprint density at radius 3 is 2.65 bits per heavy atom. The summed E-state index contributed by atoms with van der Waals surface area (Å²) >= 11 is 0. The number of nitrogens with zero attached hydrogens (tertiary/aromatic N) is 2. The summed E-state index contributed by atoms with van der Waals surface area (Å²) in [7, 11) is 0. The van der Waals surface area contributed by atoms with Gasteiger partial charge in [-0.05, 0) is 23.8 Å². The van der Waals surface area contributed by atoms with Crippen molar-refractivity contribution in [3.8, 4) is 23.7 Å². The lowest BCUT2D eigenvalue weighted by molar-refractivity contribution is 0.305. The minimum absolute atomic E-state index is 0.184. The van der Waals surface area contributed by atoms with Gasteiger partial charge in [-0.15, -0.1) is 0 Å². The Morgan fingerprint density at radius 2 is 1.95 bits per heavy atom. The number of aliphatic hydroxyl groups excluding tert-OH is 1. The fourth-order valence-corrected chi connectivity index (χ4v) is 1.55. The van der Waals surface area contributed by atoms with Crippen LogP contribution in [-0.2, 0) is 6.61 Å². The van der Waals surface area contributed by atoms with Crippen molar-refractivity contribution in [2.75, 3.05) is 6.61 Å². The van der Waals surface area contributed by atoms with Gasteiger partial charge in [-0.25, -0.2) is 0 Å². The van der Waals surface area contributed by atoms with Crippen molar-refractivity contribution in [3.63, 3.8) is 0 Å². The van der Waals surface area contributed by atoms with Gasteiger partial charge in [0, 0.05) is 11.8 Å². The highest BCUT2D eigenvalue weighted by atomic mass is 16.5. The molecule has 0 saturated carbocycles. The van der Waals surface area contributed by atoms with E-state index in [-0.39, 0.29) is 6.61 Å². The largest absolute Gasteiger partial charge is 0.487 e. The summed E-state index contributed by atoms with van der Waals surface area (Å²) in [4.78, 5) is 4.03. The van der Waals surface area contributed by atoms with Crippen LogP contribution in [0.4, 0.5) is 0 Å². The number of hydrogen-bond acceptors (Lipinski definition) is 4. The molecular formula is C16H12N2O2. The van der Waals surface area contributed by atoms with Crippen molar-refractivity contribution < 1.29 is 9.84 Å². The van der Waals surface area contributed by atoms with Crippen LogP contribution in [0.1, 0.15) is 16.7 Å². The van der Waals surface area contributed by atoms with E-state index in [9.17, 15) is 0 Å². The van der Waals surface area contributed by atoms with Crippen molar-refractivity contribution in [1.82, 2.24) is 4.98 Å². The van der Waals surface area contributed by atoms with Crippen molar-refractivity contribution >= 4 is 0 Å². The standard InChI is InChI=1S/C16H12N2O2/c17-9-13-3-5-14(6-4-13)12-20-16-8-15(2-1-7-19)10-18-11-16/h3-6,8,10-11,19H,7,12H2. The first-order valence-corrected chi connectivity index (χ1v) is 5.98. The van der Waals surface area contributed by atoms with E-state index < -0.39 is 0 Å². The number of aliphatic hydroxyl groups is 1. The minimum Gasteiger partial charge on any atom is -0.487 e. The second kappa shape index (κ2) is 6.94. The predicted octanol–water partition coefficient (Wildman–Crippen LogP) is 1.88. The third kappa shape index (κ3) is 3.84. The van der Waals surface area contributed by atoms with Gasteiger partial charge in [-0.2, -0.15) is 5.26 Å². The maximum atomic E-state index is 8.72. The van der Waals surface area contributed by atoms with E-state index in [0.717, 1.165) is 5.56 Å². The lowest BCUT2D eigenvalue weighted by atomic mass is 10.2. The van der Waals surface area contributed by atoms with Gasteiger partial charge in [0.25, 0.3) is 0 Å². The minimum atomic E-state index is -0.184. The number of aromatic nitrogens is 1. The third-order valence-electron chi connectivity index (χ3n) is 2.51. The van der Waals surface area contributed by atoms with Crippen LogP contribution in [0.2, 0.25) is 0 Å². The van der Waals surface area contributed by atoms with Crippen molar-refractivity contribution in [2.45, 2.75) is 6.61 Å².